The molecular weight excluding hydrogens is 245 g/mol. The summed E-state index contributed by atoms with van der Waals surface area (Å²) in [5.41, 5.74) is 0.591. The van der Waals surface area contributed by atoms with E-state index in [4.69, 9.17) is 0 Å². The van der Waals surface area contributed by atoms with Crippen LogP contribution in [0.5, 0.6) is 0 Å². The predicted octanol–water partition coefficient (Wildman–Crippen LogP) is 2.13. The molecule has 0 atom stereocenters. The van der Waals surface area contributed by atoms with Crippen molar-refractivity contribution in [2.24, 2.45) is 5.92 Å². The van der Waals surface area contributed by atoms with Crippen LogP contribution < -0.4 is 0 Å². The van der Waals surface area contributed by atoms with Gasteiger partial charge in [0.15, 0.2) is 5.83 Å². The van der Waals surface area contributed by atoms with Gasteiger partial charge in [0.1, 0.15) is 5.82 Å². The van der Waals surface area contributed by atoms with Crippen molar-refractivity contribution in [2.75, 3.05) is 13.6 Å². The van der Waals surface area contributed by atoms with Crippen molar-refractivity contribution in [3.8, 4) is 0 Å². The Morgan fingerprint density at radius 1 is 1.42 bits per heavy atom. The van der Waals surface area contributed by atoms with E-state index in [9.17, 15) is 9.18 Å². The van der Waals surface area contributed by atoms with Crippen molar-refractivity contribution < 1.29 is 9.18 Å². The molecule has 1 aliphatic carbocycles. The highest BCUT2D eigenvalue weighted by atomic mass is 19.1. The second-order valence-electron chi connectivity index (χ2n) is 4.91. The molecule has 1 saturated carbocycles. The Hall–Kier alpha value is -1.78. The molecule has 1 aliphatic rings. The zero-order valence-electron chi connectivity index (χ0n) is 11.3. The van der Waals surface area contributed by atoms with Crippen LogP contribution in [0, 0.1) is 5.92 Å². The fourth-order valence-electron chi connectivity index (χ4n) is 1.86. The average Bonchev–Trinajstić information content (AvgIpc) is 3.28. The molecule has 1 aromatic rings. The van der Waals surface area contributed by atoms with Crippen LogP contribution in [-0.2, 0) is 11.2 Å². The van der Waals surface area contributed by atoms with Crippen LogP contribution in [0.15, 0.2) is 29.9 Å². The van der Waals surface area contributed by atoms with Crippen LogP contribution in [0.2, 0.25) is 0 Å². The van der Waals surface area contributed by atoms with Gasteiger partial charge >= 0.3 is 0 Å². The molecule has 5 heteroatoms. The molecule has 1 amide bonds. The van der Waals surface area contributed by atoms with Crippen LogP contribution in [-0.4, -0.2) is 34.4 Å². The molecule has 4 nitrogen and oxygen atoms in total. The Morgan fingerprint density at radius 3 is 2.63 bits per heavy atom. The molecule has 1 aromatic heterocycles. The zero-order valence-corrected chi connectivity index (χ0v) is 11.3. The van der Waals surface area contributed by atoms with Crippen molar-refractivity contribution in [1.82, 2.24) is 14.9 Å². The lowest BCUT2D eigenvalue weighted by atomic mass is 10.1. The smallest absolute Gasteiger partial charge is 0.282 e. The van der Waals surface area contributed by atoms with E-state index in [0.717, 1.165) is 12.8 Å². The standard InChI is InChI=1S/C14H18FN3O/c1-10(11-4-5-11)13(15)14(19)18(2)9-6-12-16-7-3-8-17-12/h3,7-8,11H,4-6,9H2,1-2H3/b13-10-. The second-order valence-corrected chi connectivity index (χ2v) is 4.91. The van der Waals surface area contributed by atoms with Gasteiger partial charge in [-0.3, -0.25) is 4.79 Å². The van der Waals surface area contributed by atoms with E-state index >= 15 is 0 Å². The van der Waals surface area contributed by atoms with Crippen LogP contribution in [0.1, 0.15) is 25.6 Å². The number of carbonyl (C=O) groups excluding carboxylic acids is 1. The van der Waals surface area contributed by atoms with E-state index in [2.05, 4.69) is 9.97 Å². The largest absolute Gasteiger partial charge is 0.339 e. The van der Waals surface area contributed by atoms with E-state index < -0.39 is 11.7 Å². The molecule has 2 rings (SSSR count). The van der Waals surface area contributed by atoms with E-state index in [-0.39, 0.29) is 5.92 Å². The third-order valence-corrected chi connectivity index (χ3v) is 3.36. The molecule has 1 fully saturated rings. The molecule has 0 saturated heterocycles. The summed E-state index contributed by atoms with van der Waals surface area (Å²) in [6, 6.07) is 1.74. The fourth-order valence-corrected chi connectivity index (χ4v) is 1.86. The number of halogens is 1. The first-order chi connectivity index (χ1) is 9.09. The minimum Gasteiger partial charge on any atom is -0.339 e. The van der Waals surface area contributed by atoms with Crippen LogP contribution in [0.25, 0.3) is 0 Å². The summed E-state index contributed by atoms with van der Waals surface area (Å²) in [6.45, 7) is 2.12. The number of likely N-dealkylation sites (N-methyl/N-ethyl adjacent to an activating group) is 1. The Labute approximate surface area is 112 Å². The van der Waals surface area contributed by atoms with Crippen LogP contribution in [0.3, 0.4) is 0 Å². The number of carbonyl (C=O) groups is 1. The molecule has 0 spiro atoms. The topological polar surface area (TPSA) is 46.1 Å². The summed E-state index contributed by atoms with van der Waals surface area (Å²) in [4.78, 5) is 21.4. The monoisotopic (exact) mass is 263 g/mol. The lowest BCUT2D eigenvalue weighted by molar-refractivity contribution is -0.127. The quantitative estimate of drug-likeness (QED) is 0.764. The summed E-state index contributed by atoms with van der Waals surface area (Å²) in [5.74, 6) is -0.209. The summed E-state index contributed by atoms with van der Waals surface area (Å²) in [7, 11) is 1.60. The highest BCUT2D eigenvalue weighted by Crippen LogP contribution is 2.38. The maximum atomic E-state index is 13.9. The lowest BCUT2D eigenvalue weighted by Crippen LogP contribution is -2.30. The molecule has 0 aromatic carbocycles. The number of amides is 1. The summed E-state index contributed by atoms with van der Waals surface area (Å²) < 4.78 is 13.9. The highest BCUT2D eigenvalue weighted by Gasteiger charge is 2.29. The van der Waals surface area contributed by atoms with Gasteiger partial charge in [-0.15, -0.1) is 0 Å². The van der Waals surface area contributed by atoms with Crippen molar-refractivity contribution in [3.63, 3.8) is 0 Å². The number of allylic oxidation sites excluding steroid dienone is 1. The van der Waals surface area contributed by atoms with Gasteiger partial charge in [-0.25, -0.2) is 14.4 Å². The molecule has 0 N–H and O–H groups in total. The summed E-state index contributed by atoms with van der Waals surface area (Å²) in [6.07, 6.45) is 5.82. The fraction of sp³-hybridized carbons (Fsp3) is 0.500. The molecule has 19 heavy (non-hydrogen) atoms. The number of hydrogen-bond donors (Lipinski definition) is 0. The van der Waals surface area contributed by atoms with Crippen LogP contribution in [0.4, 0.5) is 4.39 Å². The van der Waals surface area contributed by atoms with Gasteiger partial charge in [0.2, 0.25) is 0 Å². The zero-order chi connectivity index (χ0) is 13.8. The van der Waals surface area contributed by atoms with Crippen LogP contribution >= 0.6 is 0 Å². The molecule has 0 radical (unpaired) electrons. The SMILES string of the molecule is C/C(=C(/F)C(=O)N(C)CCc1ncccn1)C1CC1. The predicted molar refractivity (Wildman–Crippen MR) is 69.9 cm³/mol. The average molecular weight is 263 g/mol. The van der Waals surface area contributed by atoms with Gasteiger partial charge < -0.3 is 4.90 Å². The van der Waals surface area contributed by atoms with E-state index in [0.29, 0.717) is 24.4 Å². The van der Waals surface area contributed by atoms with Gasteiger partial charge in [-0.1, -0.05) is 0 Å². The first-order valence-corrected chi connectivity index (χ1v) is 6.47. The number of hydrogen-bond acceptors (Lipinski definition) is 3. The van der Waals surface area contributed by atoms with Gasteiger partial charge in [-0.05, 0) is 37.3 Å². The third-order valence-electron chi connectivity index (χ3n) is 3.36. The summed E-state index contributed by atoms with van der Waals surface area (Å²) in [5, 5.41) is 0. The Bertz CT molecular complexity index is 483. The maximum absolute atomic E-state index is 13.9. The maximum Gasteiger partial charge on any atom is 0.282 e. The minimum absolute atomic E-state index is 0.273. The molecular formula is C14H18FN3O. The van der Waals surface area contributed by atoms with Crippen molar-refractivity contribution in [2.45, 2.75) is 26.2 Å². The van der Waals surface area contributed by atoms with Gasteiger partial charge in [0, 0.05) is 32.4 Å². The van der Waals surface area contributed by atoms with Crippen molar-refractivity contribution >= 4 is 5.91 Å². The van der Waals surface area contributed by atoms with Gasteiger partial charge in [-0.2, -0.15) is 0 Å². The summed E-state index contributed by atoms with van der Waals surface area (Å²) >= 11 is 0. The molecule has 0 unspecified atom stereocenters. The Morgan fingerprint density at radius 2 is 2.05 bits per heavy atom. The molecule has 0 bridgehead atoms. The number of nitrogens with zero attached hydrogens (tertiary/aromatic N) is 3. The minimum atomic E-state index is -0.598. The van der Waals surface area contributed by atoms with E-state index in [1.807, 2.05) is 0 Å². The van der Waals surface area contributed by atoms with E-state index in [1.54, 1.807) is 32.4 Å². The van der Waals surface area contributed by atoms with Crippen molar-refractivity contribution in [1.29, 1.82) is 0 Å². The van der Waals surface area contributed by atoms with Crippen molar-refractivity contribution in [3.05, 3.63) is 35.7 Å². The highest BCUT2D eigenvalue weighted by molar-refractivity contribution is 5.91. The molecule has 1 heterocycles. The second kappa shape index (κ2) is 5.91. The molecule has 102 valence electrons. The Kier molecular flexibility index (Phi) is 4.24. The lowest BCUT2D eigenvalue weighted by Gasteiger charge is -2.16. The van der Waals surface area contributed by atoms with E-state index in [1.165, 1.54) is 4.90 Å². The Balaban J connectivity index is 1.90. The molecule has 0 aliphatic heterocycles. The normalized spacial score (nSPS) is 15.9. The number of aromatic nitrogens is 2. The first-order valence-electron chi connectivity index (χ1n) is 6.47. The number of rotatable bonds is 5. The van der Waals surface area contributed by atoms with Gasteiger partial charge in [0.25, 0.3) is 5.91 Å². The van der Waals surface area contributed by atoms with Gasteiger partial charge in [0.05, 0.1) is 0 Å². The first kappa shape index (κ1) is 13.6. The third kappa shape index (κ3) is 3.59.